The average molecular weight is 393 g/mol. The molecule has 150 valence electrons. The number of nitrogens with zero attached hydrogens (tertiary/aromatic N) is 4. The van der Waals surface area contributed by atoms with Crippen molar-refractivity contribution >= 4 is 11.5 Å². The number of anilines is 1. The summed E-state index contributed by atoms with van der Waals surface area (Å²) in [5.74, 6) is 0.616. The second kappa shape index (κ2) is 8.53. The molecule has 4 rings (SSSR count). The lowest BCUT2D eigenvalue weighted by atomic mass is 9.90. The quantitative estimate of drug-likeness (QED) is 0.697. The molecule has 0 radical (unpaired) electrons. The minimum absolute atomic E-state index is 0.0126. The van der Waals surface area contributed by atoms with Crippen LogP contribution in [0.15, 0.2) is 54.9 Å². The fourth-order valence-corrected chi connectivity index (χ4v) is 3.76. The monoisotopic (exact) mass is 393 g/mol. The maximum Gasteiger partial charge on any atom is 0.153 e. The predicted octanol–water partition coefficient (Wildman–Crippen LogP) is 3.01. The molecule has 0 amide bonds. The first-order chi connectivity index (χ1) is 14.1. The standard InChI is InChI=1S/C22H24FN5O/c23-18-5-2-1-4-17(18)15-27-12-8-16(9-13-27)21(29)14-20-19(24)6-7-22(26-20)28-11-3-10-25-28/h1-7,10-11,16H,8-9,12-15,24H2. The molecule has 0 unspecified atom stereocenters. The van der Waals surface area contributed by atoms with E-state index in [4.69, 9.17) is 5.73 Å². The van der Waals surface area contributed by atoms with Gasteiger partial charge in [-0.3, -0.25) is 9.69 Å². The lowest BCUT2D eigenvalue weighted by molar-refractivity contribution is -0.123. The molecule has 0 bridgehead atoms. The zero-order valence-corrected chi connectivity index (χ0v) is 16.2. The van der Waals surface area contributed by atoms with Gasteiger partial charge in [-0.1, -0.05) is 18.2 Å². The summed E-state index contributed by atoms with van der Waals surface area (Å²) in [6.07, 6.45) is 5.24. The van der Waals surface area contributed by atoms with Crippen LogP contribution in [0.1, 0.15) is 24.1 Å². The van der Waals surface area contributed by atoms with Crippen LogP contribution < -0.4 is 5.73 Å². The summed E-state index contributed by atoms with van der Waals surface area (Å²) in [5, 5.41) is 4.17. The summed E-state index contributed by atoms with van der Waals surface area (Å²) in [7, 11) is 0. The Morgan fingerprint density at radius 3 is 2.66 bits per heavy atom. The summed E-state index contributed by atoms with van der Waals surface area (Å²) in [6, 6.07) is 12.2. The Labute approximate surface area is 169 Å². The van der Waals surface area contributed by atoms with Gasteiger partial charge in [-0.15, -0.1) is 0 Å². The topological polar surface area (TPSA) is 77.0 Å². The number of ketones is 1. The van der Waals surface area contributed by atoms with Gasteiger partial charge in [0.1, 0.15) is 11.6 Å². The van der Waals surface area contributed by atoms with E-state index in [0.29, 0.717) is 29.3 Å². The molecule has 3 heterocycles. The van der Waals surface area contributed by atoms with Crippen LogP contribution in [0.3, 0.4) is 0 Å². The third kappa shape index (κ3) is 4.51. The maximum atomic E-state index is 13.9. The lowest BCUT2D eigenvalue weighted by Gasteiger charge is -2.31. The van der Waals surface area contributed by atoms with Crippen LogP contribution in [-0.4, -0.2) is 38.5 Å². The van der Waals surface area contributed by atoms with Crippen LogP contribution in [-0.2, 0) is 17.8 Å². The predicted molar refractivity (Wildman–Crippen MR) is 109 cm³/mol. The number of rotatable bonds is 6. The number of aromatic nitrogens is 3. The molecule has 1 aromatic carbocycles. The van der Waals surface area contributed by atoms with Crippen molar-refractivity contribution in [2.45, 2.75) is 25.8 Å². The number of Topliss-reactive ketones (excluding diaryl/α,β-unsaturated/α-hetero) is 1. The number of nitrogen functional groups attached to an aromatic ring is 1. The van der Waals surface area contributed by atoms with Crippen LogP contribution in [0.5, 0.6) is 0 Å². The molecule has 1 aliphatic rings. The molecule has 0 aliphatic carbocycles. The van der Waals surface area contributed by atoms with Gasteiger partial charge >= 0.3 is 0 Å². The SMILES string of the molecule is Nc1ccc(-n2cccn2)nc1CC(=O)C1CCN(Cc2ccccc2F)CC1. The first kappa shape index (κ1) is 19.3. The number of hydrogen-bond donors (Lipinski definition) is 1. The van der Waals surface area contributed by atoms with E-state index >= 15 is 0 Å². The van der Waals surface area contributed by atoms with Crippen LogP contribution in [0, 0.1) is 11.7 Å². The van der Waals surface area contributed by atoms with Gasteiger partial charge < -0.3 is 5.73 Å². The van der Waals surface area contributed by atoms with Gasteiger partial charge in [0.25, 0.3) is 0 Å². The van der Waals surface area contributed by atoms with E-state index in [1.165, 1.54) is 6.07 Å². The number of benzene rings is 1. The maximum absolute atomic E-state index is 13.9. The highest BCUT2D eigenvalue weighted by molar-refractivity contribution is 5.84. The Morgan fingerprint density at radius 2 is 1.93 bits per heavy atom. The summed E-state index contributed by atoms with van der Waals surface area (Å²) >= 11 is 0. The molecule has 7 heteroatoms. The highest BCUT2D eigenvalue weighted by Gasteiger charge is 2.26. The number of likely N-dealkylation sites (tertiary alicyclic amines) is 1. The van der Waals surface area contributed by atoms with Crippen molar-refractivity contribution < 1.29 is 9.18 Å². The number of carbonyl (C=O) groups is 1. The van der Waals surface area contributed by atoms with Gasteiger partial charge in [0, 0.05) is 30.4 Å². The molecule has 0 atom stereocenters. The lowest BCUT2D eigenvalue weighted by Crippen LogP contribution is -2.36. The van der Waals surface area contributed by atoms with Crippen molar-refractivity contribution in [2.24, 2.45) is 5.92 Å². The zero-order valence-electron chi connectivity index (χ0n) is 16.2. The average Bonchev–Trinajstić information content (AvgIpc) is 3.27. The van der Waals surface area contributed by atoms with Crippen molar-refractivity contribution in [1.29, 1.82) is 0 Å². The first-order valence-electron chi connectivity index (χ1n) is 9.84. The number of nitrogens with two attached hydrogens (primary N) is 1. The van der Waals surface area contributed by atoms with E-state index in [1.807, 2.05) is 18.2 Å². The minimum Gasteiger partial charge on any atom is -0.397 e. The molecule has 29 heavy (non-hydrogen) atoms. The molecular weight excluding hydrogens is 369 g/mol. The van der Waals surface area contributed by atoms with Crippen molar-refractivity contribution in [3.63, 3.8) is 0 Å². The van der Waals surface area contributed by atoms with Crippen molar-refractivity contribution in [3.8, 4) is 5.82 Å². The highest BCUT2D eigenvalue weighted by Crippen LogP contribution is 2.23. The summed E-state index contributed by atoms with van der Waals surface area (Å²) in [6.45, 7) is 2.13. The Balaban J connectivity index is 1.36. The van der Waals surface area contributed by atoms with Gasteiger partial charge in [-0.2, -0.15) is 5.10 Å². The summed E-state index contributed by atoms with van der Waals surface area (Å²) in [5.41, 5.74) is 7.87. The number of pyridine rings is 1. The first-order valence-corrected chi connectivity index (χ1v) is 9.84. The molecule has 1 fully saturated rings. The Morgan fingerprint density at radius 1 is 1.14 bits per heavy atom. The van der Waals surface area contributed by atoms with Crippen LogP contribution in [0.2, 0.25) is 0 Å². The van der Waals surface area contributed by atoms with Gasteiger partial charge in [0.15, 0.2) is 5.82 Å². The number of halogens is 1. The van der Waals surface area contributed by atoms with Gasteiger partial charge in [-0.25, -0.2) is 14.1 Å². The van der Waals surface area contributed by atoms with E-state index in [2.05, 4.69) is 15.0 Å². The molecule has 6 nitrogen and oxygen atoms in total. The largest absolute Gasteiger partial charge is 0.397 e. The molecule has 0 saturated carbocycles. The van der Waals surface area contributed by atoms with Crippen molar-refractivity contribution in [2.75, 3.05) is 18.8 Å². The van der Waals surface area contributed by atoms with E-state index in [9.17, 15) is 9.18 Å². The van der Waals surface area contributed by atoms with E-state index in [1.54, 1.807) is 35.3 Å². The third-order valence-corrected chi connectivity index (χ3v) is 5.47. The fraction of sp³-hybridized carbons (Fsp3) is 0.318. The number of piperidine rings is 1. The highest BCUT2D eigenvalue weighted by atomic mass is 19.1. The molecule has 2 N–H and O–H groups in total. The zero-order chi connectivity index (χ0) is 20.2. The van der Waals surface area contributed by atoms with Crippen molar-refractivity contribution in [3.05, 3.63) is 71.9 Å². The minimum atomic E-state index is -0.177. The molecule has 3 aromatic rings. The third-order valence-electron chi connectivity index (χ3n) is 5.47. The second-order valence-corrected chi connectivity index (χ2v) is 7.44. The van der Waals surface area contributed by atoms with E-state index in [-0.39, 0.29) is 23.9 Å². The normalized spacial score (nSPS) is 15.5. The van der Waals surface area contributed by atoms with Gasteiger partial charge in [0.05, 0.1) is 17.8 Å². The van der Waals surface area contributed by atoms with Crippen LogP contribution >= 0.6 is 0 Å². The second-order valence-electron chi connectivity index (χ2n) is 7.44. The Hall–Kier alpha value is -3.06. The van der Waals surface area contributed by atoms with Crippen LogP contribution in [0.4, 0.5) is 10.1 Å². The van der Waals surface area contributed by atoms with E-state index < -0.39 is 0 Å². The van der Waals surface area contributed by atoms with Crippen molar-refractivity contribution in [1.82, 2.24) is 19.7 Å². The summed E-state index contributed by atoms with van der Waals surface area (Å²) in [4.78, 5) is 19.6. The smallest absolute Gasteiger partial charge is 0.153 e. The number of carbonyl (C=O) groups excluding carboxylic acids is 1. The molecular formula is C22H24FN5O. The number of hydrogen-bond acceptors (Lipinski definition) is 5. The Bertz CT molecular complexity index is 981. The van der Waals surface area contributed by atoms with Gasteiger partial charge in [-0.05, 0) is 50.2 Å². The molecule has 2 aromatic heterocycles. The Kier molecular flexibility index (Phi) is 5.67. The van der Waals surface area contributed by atoms with Crippen LogP contribution in [0.25, 0.3) is 5.82 Å². The molecule has 1 aliphatic heterocycles. The fourth-order valence-electron chi connectivity index (χ4n) is 3.76. The molecule has 0 spiro atoms. The summed E-state index contributed by atoms with van der Waals surface area (Å²) < 4.78 is 15.5. The molecule has 1 saturated heterocycles. The van der Waals surface area contributed by atoms with E-state index in [0.717, 1.165) is 25.9 Å². The van der Waals surface area contributed by atoms with Gasteiger partial charge in [0.2, 0.25) is 0 Å².